The van der Waals surface area contributed by atoms with Crippen molar-refractivity contribution in [2.75, 3.05) is 13.2 Å². The Morgan fingerprint density at radius 1 is 0.463 bits per heavy atom. The zero-order valence-corrected chi connectivity index (χ0v) is 43.1. The van der Waals surface area contributed by atoms with Gasteiger partial charge >= 0.3 is 30.1 Å². The summed E-state index contributed by atoms with van der Waals surface area (Å²) in [6, 6.07) is 0. The van der Waals surface area contributed by atoms with E-state index in [0.29, 0.717) is 36.7 Å². The van der Waals surface area contributed by atoms with E-state index in [1.165, 1.54) is 96.8 Å². The van der Waals surface area contributed by atoms with Crippen LogP contribution in [0.3, 0.4) is 0 Å². The van der Waals surface area contributed by atoms with Crippen LogP contribution in [-0.2, 0) is 38.1 Å². The predicted octanol–water partition coefficient (Wildman–Crippen LogP) is 15.0. The first-order chi connectivity index (χ1) is 31.9. The number of unbranched alkanes of at least 4 members (excludes halogenated alkanes) is 11. The molecule has 8 nitrogen and oxygen atoms in total. The quantitative estimate of drug-likeness (QED) is 0.0434. The molecule has 0 spiro atoms. The van der Waals surface area contributed by atoms with Gasteiger partial charge < -0.3 is 18.9 Å². The highest BCUT2D eigenvalue weighted by atomic mass is 19.4. The van der Waals surface area contributed by atoms with E-state index >= 15 is 0 Å². The van der Waals surface area contributed by atoms with Gasteiger partial charge in [-0.05, 0) is 184 Å². The molecule has 0 radical (unpaired) electrons. The van der Waals surface area contributed by atoms with Crippen LogP contribution in [-0.4, -0.2) is 54.5 Å². The maximum atomic E-state index is 13.2. The minimum atomic E-state index is -4.69. The van der Waals surface area contributed by atoms with Crippen LogP contribution in [0, 0.1) is 58.2 Å². The van der Waals surface area contributed by atoms with Crippen LogP contribution in [0.25, 0.3) is 0 Å². The molecule has 0 aromatic carbocycles. The molecule has 0 aliphatic heterocycles. The number of alkyl halides is 3. The topological polar surface area (TPSA) is 105 Å². The number of halogens is 3. The number of carbonyl (C=O) groups excluding carboxylic acids is 4. The van der Waals surface area contributed by atoms with Crippen molar-refractivity contribution in [3.63, 3.8) is 0 Å². The van der Waals surface area contributed by atoms with Crippen molar-refractivity contribution in [3.8, 4) is 0 Å². The molecule has 0 amide bonds. The summed E-state index contributed by atoms with van der Waals surface area (Å²) in [5, 5.41) is 0. The van der Waals surface area contributed by atoms with E-state index in [1.54, 1.807) is 0 Å². The Morgan fingerprint density at radius 3 is 1.21 bits per heavy atom. The van der Waals surface area contributed by atoms with Crippen LogP contribution in [0.4, 0.5) is 13.2 Å². The zero-order valence-electron chi connectivity index (χ0n) is 43.1. The molecule has 8 fully saturated rings. The van der Waals surface area contributed by atoms with Crippen LogP contribution in [0.15, 0.2) is 0 Å². The van der Waals surface area contributed by atoms with Gasteiger partial charge in [-0.15, -0.1) is 0 Å². The first-order valence-corrected chi connectivity index (χ1v) is 27.7. The van der Waals surface area contributed by atoms with Crippen LogP contribution < -0.4 is 0 Å². The summed E-state index contributed by atoms with van der Waals surface area (Å²) < 4.78 is 62.5. The summed E-state index contributed by atoms with van der Waals surface area (Å²) in [6.07, 6.45) is 26.7. The van der Waals surface area contributed by atoms with E-state index in [0.717, 1.165) is 114 Å². The second kappa shape index (κ2) is 25.2. The van der Waals surface area contributed by atoms with E-state index in [-0.39, 0.29) is 36.0 Å². The normalized spacial score (nSPS) is 31.1. The monoisotopic (exact) mass is 951 g/mol. The predicted molar refractivity (Wildman–Crippen MR) is 257 cm³/mol. The maximum Gasteiger partial charge on any atom is 0.404 e. The minimum Gasteiger partial charge on any atom is -0.465 e. The SMILES string of the molecule is CCCCC1(OC(=O)CCCCCCCCCCCCOC(=O)C(C)(C)CC)C2CC3CC(C2)CC1C3.CCCCC1(OC(=O)CCOC(=O)C(C)(CC)C(F)(F)F)C2CC3CC(C2)CC1C3. The van der Waals surface area contributed by atoms with Gasteiger partial charge in [-0.2, -0.15) is 13.2 Å². The summed E-state index contributed by atoms with van der Waals surface area (Å²) in [5.41, 5.74) is -3.46. The minimum absolute atomic E-state index is 0.0629. The average molecular weight is 951 g/mol. The second-order valence-electron chi connectivity index (χ2n) is 23.4. The molecule has 67 heavy (non-hydrogen) atoms. The molecule has 8 bridgehead atoms. The van der Waals surface area contributed by atoms with Gasteiger partial charge in [-0.25, -0.2) is 0 Å². The molecular weight excluding hydrogens is 858 g/mol. The Kier molecular flexibility index (Phi) is 20.9. The third kappa shape index (κ3) is 14.2. The number of rotatable bonds is 28. The number of hydrogen-bond acceptors (Lipinski definition) is 8. The van der Waals surface area contributed by atoms with Gasteiger partial charge in [0.2, 0.25) is 0 Å². The van der Waals surface area contributed by atoms with Gasteiger partial charge in [-0.3, -0.25) is 19.2 Å². The zero-order chi connectivity index (χ0) is 48.9. The van der Waals surface area contributed by atoms with E-state index in [1.807, 2.05) is 20.8 Å². The lowest BCUT2D eigenvalue weighted by molar-refractivity contribution is -0.231. The maximum absolute atomic E-state index is 13.2. The van der Waals surface area contributed by atoms with Crippen molar-refractivity contribution in [2.45, 2.75) is 258 Å². The van der Waals surface area contributed by atoms with Crippen molar-refractivity contribution in [1.82, 2.24) is 0 Å². The van der Waals surface area contributed by atoms with Crippen LogP contribution in [0.1, 0.15) is 241 Å². The van der Waals surface area contributed by atoms with Gasteiger partial charge in [0, 0.05) is 6.42 Å². The fourth-order valence-electron chi connectivity index (χ4n) is 13.8. The molecule has 8 rings (SSSR count). The molecule has 0 aromatic heterocycles. The number of ether oxygens (including phenoxy) is 4. The molecule has 386 valence electrons. The Labute approximate surface area is 403 Å². The highest BCUT2D eigenvalue weighted by molar-refractivity contribution is 5.78. The van der Waals surface area contributed by atoms with Gasteiger partial charge in [0.15, 0.2) is 5.41 Å². The smallest absolute Gasteiger partial charge is 0.404 e. The van der Waals surface area contributed by atoms with Crippen LogP contribution in [0.5, 0.6) is 0 Å². The van der Waals surface area contributed by atoms with E-state index in [4.69, 9.17) is 18.9 Å². The number of carbonyl (C=O) groups is 4. The molecule has 11 heteroatoms. The molecule has 8 aliphatic rings. The summed E-state index contributed by atoms with van der Waals surface area (Å²) in [5.74, 6) is 3.62. The largest absolute Gasteiger partial charge is 0.465 e. The van der Waals surface area contributed by atoms with Gasteiger partial charge in [-0.1, -0.05) is 91.9 Å². The molecule has 1 unspecified atom stereocenters. The number of esters is 4. The Hall–Kier alpha value is -2.33. The van der Waals surface area contributed by atoms with Gasteiger partial charge in [0.05, 0.1) is 18.4 Å². The van der Waals surface area contributed by atoms with E-state index < -0.39 is 35.6 Å². The third-order valence-corrected chi connectivity index (χ3v) is 18.3. The summed E-state index contributed by atoms with van der Waals surface area (Å²) >= 11 is 0. The lowest BCUT2D eigenvalue weighted by Gasteiger charge is -2.60. The Morgan fingerprint density at radius 2 is 0.836 bits per heavy atom. The lowest BCUT2D eigenvalue weighted by atomic mass is 9.49. The van der Waals surface area contributed by atoms with Gasteiger partial charge in [0.25, 0.3) is 0 Å². The molecule has 0 heterocycles. The fourth-order valence-corrected chi connectivity index (χ4v) is 13.8. The Bertz CT molecular complexity index is 1520. The Balaban J connectivity index is 0.000000256. The lowest BCUT2D eigenvalue weighted by Crippen LogP contribution is -2.59. The summed E-state index contributed by atoms with van der Waals surface area (Å²) in [7, 11) is 0. The highest BCUT2D eigenvalue weighted by Crippen LogP contribution is 2.62. The molecule has 8 saturated carbocycles. The van der Waals surface area contributed by atoms with E-state index in [9.17, 15) is 32.3 Å². The van der Waals surface area contributed by atoms with Crippen molar-refractivity contribution < 1.29 is 51.3 Å². The van der Waals surface area contributed by atoms with E-state index in [2.05, 4.69) is 13.8 Å². The molecule has 0 N–H and O–H groups in total. The fraction of sp³-hybridized carbons (Fsp3) is 0.929. The first kappa shape index (κ1) is 55.6. The first-order valence-electron chi connectivity index (χ1n) is 27.7. The second-order valence-corrected chi connectivity index (χ2v) is 23.4. The third-order valence-electron chi connectivity index (χ3n) is 18.3. The van der Waals surface area contributed by atoms with Crippen LogP contribution in [0.2, 0.25) is 0 Å². The number of hydrogen-bond donors (Lipinski definition) is 0. The molecule has 1 atom stereocenters. The van der Waals surface area contributed by atoms with Crippen molar-refractivity contribution in [2.24, 2.45) is 58.2 Å². The standard InChI is InChI=1S/C33H58O4.C23H35F3O4/c1-5-7-19-33(28-22-26-21-27(24-28)25-29(33)23-26)37-30(34)18-16-14-12-10-8-9-11-13-15-17-20-36-31(35)32(3,4)6-2;1-4-6-8-22(17-11-15-10-16(13-17)14-18(22)12-15)30-19(27)7-9-29-20(28)21(3,5-2)23(24,25)26/h26-29H,5-25H2,1-4H3;15-18H,4-14H2,1-3H3. The molecule has 8 aliphatic carbocycles. The highest BCUT2D eigenvalue weighted by Gasteiger charge is 2.61. The van der Waals surface area contributed by atoms with Crippen molar-refractivity contribution in [3.05, 3.63) is 0 Å². The summed E-state index contributed by atoms with van der Waals surface area (Å²) in [4.78, 5) is 49.6. The molecular formula is C56H93F3O8. The average Bonchev–Trinajstić information content (AvgIpc) is 3.28. The van der Waals surface area contributed by atoms with Crippen LogP contribution >= 0.6 is 0 Å². The molecule has 0 saturated heterocycles. The van der Waals surface area contributed by atoms with Gasteiger partial charge in [0.1, 0.15) is 17.8 Å². The van der Waals surface area contributed by atoms with Crippen molar-refractivity contribution >= 4 is 23.9 Å². The summed E-state index contributed by atoms with van der Waals surface area (Å²) in [6.45, 7) is 12.6. The molecule has 0 aromatic rings. The van der Waals surface area contributed by atoms with Crippen molar-refractivity contribution in [1.29, 1.82) is 0 Å².